The molecule has 1 unspecified atom stereocenters. The van der Waals surface area contributed by atoms with Crippen molar-refractivity contribution < 1.29 is 9.59 Å². The van der Waals surface area contributed by atoms with Crippen LogP contribution in [0.5, 0.6) is 0 Å². The first-order chi connectivity index (χ1) is 14.9. The van der Waals surface area contributed by atoms with E-state index in [1.807, 2.05) is 30.3 Å². The molecule has 2 amide bonds. The van der Waals surface area contributed by atoms with Gasteiger partial charge >= 0.3 is 0 Å². The molecule has 8 heteroatoms. The molecule has 0 spiro atoms. The summed E-state index contributed by atoms with van der Waals surface area (Å²) in [4.78, 5) is 29.7. The number of aromatic nitrogens is 1. The van der Waals surface area contributed by atoms with Gasteiger partial charge in [0.2, 0.25) is 5.91 Å². The molecule has 0 saturated heterocycles. The third-order valence-corrected chi connectivity index (χ3v) is 5.92. The maximum Gasteiger partial charge on any atom is 0.257 e. The Bertz CT molecular complexity index is 1160. The molecule has 1 aromatic heterocycles. The number of anilines is 2. The number of pyridine rings is 1. The summed E-state index contributed by atoms with van der Waals surface area (Å²) in [7, 11) is 0. The van der Waals surface area contributed by atoms with E-state index in [1.54, 1.807) is 38.1 Å². The van der Waals surface area contributed by atoms with Gasteiger partial charge in [-0.3, -0.25) is 9.59 Å². The number of thioether (sulfide) groups is 1. The van der Waals surface area contributed by atoms with Crippen molar-refractivity contribution in [1.82, 2.24) is 4.98 Å². The van der Waals surface area contributed by atoms with Crippen molar-refractivity contribution in [2.75, 3.05) is 10.6 Å². The number of para-hydroxylation sites is 1. The van der Waals surface area contributed by atoms with Crippen LogP contribution in [0.3, 0.4) is 0 Å². The fourth-order valence-corrected chi connectivity index (χ4v) is 4.06. The van der Waals surface area contributed by atoms with Crippen molar-refractivity contribution in [1.29, 1.82) is 5.26 Å². The predicted molar refractivity (Wildman–Crippen MR) is 126 cm³/mol. The van der Waals surface area contributed by atoms with Gasteiger partial charge in [0.1, 0.15) is 11.1 Å². The second-order valence-electron chi connectivity index (χ2n) is 6.67. The van der Waals surface area contributed by atoms with Crippen LogP contribution in [0.25, 0.3) is 0 Å². The van der Waals surface area contributed by atoms with Gasteiger partial charge in [-0.2, -0.15) is 5.26 Å². The average molecular weight is 495 g/mol. The minimum atomic E-state index is -0.498. The first-order valence-electron chi connectivity index (χ1n) is 9.38. The highest BCUT2D eigenvalue weighted by Gasteiger charge is 2.21. The van der Waals surface area contributed by atoms with E-state index in [-0.39, 0.29) is 17.4 Å². The minimum absolute atomic E-state index is 0.211. The van der Waals surface area contributed by atoms with E-state index in [1.165, 1.54) is 17.8 Å². The lowest BCUT2D eigenvalue weighted by atomic mass is 10.1. The standard InChI is InChI=1S/C23H19BrN4O2S/c1-14-20(22(30)27-18-8-4-3-5-9-18)11-16(13-25)23(26-14)31-15(2)21(29)28-19-10-6-7-17(24)12-19/h3-12,15H,1-2H3,(H,27,30)(H,28,29). The van der Waals surface area contributed by atoms with Crippen LogP contribution in [0.2, 0.25) is 0 Å². The number of carbonyl (C=O) groups excluding carboxylic acids is 2. The molecular formula is C23H19BrN4O2S. The summed E-state index contributed by atoms with van der Waals surface area (Å²) in [5.41, 5.74) is 2.37. The van der Waals surface area contributed by atoms with Crippen LogP contribution in [0, 0.1) is 18.3 Å². The zero-order valence-electron chi connectivity index (χ0n) is 16.8. The summed E-state index contributed by atoms with van der Waals surface area (Å²) in [5.74, 6) is -0.554. The van der Waals surface area contributed by atoms with Gasteiger partial charge in [0.25, 0.3) is 5.91 Å². The van der Waals surface area contributed by atoms with E-state index in [2.05, 4.69) is 37.6 Å². The molecule has 2 N–H and O–H groups in total. The molecule has 0 aliphatic rings. The first-order valence-corrected chi connectivity index (χ1v) is 11.1. The largest absolute Gasteiger partial charge is 0.325 e. The Morgan fingerprint density at radius 1 is 1.06 bits per heavy atom. The van der Waals surface area contributed by atoms with Gasteiger partial charge in [-0.25, -0.2) is 4.98 Å². The summed E-state index contributed by atoms with van der Waals surface area (Å²) in [5, 5.41) is 15.1. The third kappa shape index (κ3) is 5.94. The van der Waals surface area contributed by atoms with Crippen LogP contribution in [0.1, 0.15) is 28.5 Å². The lowest BCUT2D eigenvalue weighted by molar-refractivity contribution is -0.115. The van der Waals surface area contributed by atoms with E-state index in [0.29, 0.717) is 27.7 Å². The molecule has 6 nitrogen and oxygen atoms in total. The van der Waals surface area contributed by atoms with Crippen LogP contribution < -0.4 is 10.6 Å². The predicted octanol–water partition coefficient (Wildman–Crippen LogP) is 5.40. The van der Waals surface area contributed by atoms with Gasteiger partial charge in [-0.1, -0.05) is 52.0 Å². The molecular weight excluding hydrogens is 476 g/mol. The number of halogens is 1. The molecule has 0 saturated carbocycles. The summed E-state index contributed by atoms with van der Waals surface area (Å²) in [6.07, 6.45) is 0. The molecule has 3 rings (SSSR count). The second-order valence-corrected chi connectivity index (χ2v) is 8.91. The molecule has 3 aromatic rings. The summed E-state index contributed by atoms with van der Waals surface area (Å²) in [6.45, 7) is 3.45. The molecule has 0 aliphatic carbocycles. The molecule has 156 valence electrons. The molecule has 0 aliphatic heterocycles. The van der Waals surface area contributed by atoms with Crippen molar-refractivity contribution >= 4 is 50.9 Å². The van der Waals surface area contributed by atoms with Crippen LogP contribution in [-0.2, 0) is 4.79 Å². The quantitative estimate of drug-likeness (QED) is 0.447. The minimum Gasteiger partial charge on any atom is -0.325 e. The summed E-state index contributed by atoms with van der Waals surface area (Å²) < 4.78 is 0.860. The van der Waals surface area contributed by atoms with Gasteiger partial charge in [-0.05, 0) is 50.2 Å². The fourth-order valence-electron chi connectivity index (χ4n) is 2.73. The highest BCUT2D eigenvalue weighted by Crippen LogP contribution is 2.28. The number of nitriles is 1. The van der Waals surface area contributed by atoms with E-state index in [9.17, 15) is 14.9 Å². The molecule has 0 fully saturated rings. The Morgan fingerprint density at radius 2 is 1.77 bits per heavy atom. The van der Waals surface area contributed by atoms with Gasteiger partial charge in [0.15, 0.2) is 0 Å². The average Bonchev–Trinajstić information content (AvgIpc) is 2.74. The Labute approximate surface area is 193 Å². The van der Waals surface area contributed by atoms with Crippen LogP contribution in [0.4, 0.5) is 11.4 Å². The number of carbonyl (C=O) groups is 2. The first kappa shape index (κ1) is 22.5. The second kappa shape index (κ2) is 10.2. The Morgan fingerprint density at radius 3 is 2.45 bits per heavy atom. The molecule has 1 heterocycles. The zero-order chi connectivity index (χ0) is 22.4. The number of hydrogen-bond donors (Lipinski definition) is 2. The topological polar surface area (TPSA) is 94.9 Å². The van der Waals surface area contributed by atoms with Gasteiger partial charge in [0, 0.05) is 15.8 Å². The zero-order valence-corrected chi connectivity index (χ0v) is 19.3. The molecule has 0 radical (unpaired) electrons. The van der Waals surface area contributed by atoms with E-state index >= 15 is 0 Å². The van der Waals surface area contributed by atoms with Crippen molar-refractivity contribution in [3.05, 3.63) is 82.0 Å². The van der Waals surface area contributed by atoms with Gasteiger partial charge in [0.05, 0.1) is 22.1 Å². The number of nitrogens with zero attached hydrogens (tertiary/aromatic N) is 2. The molecule has 2 aromatic carbocycles. The Balaban J connectivity index is 1.75. The van der Waals surface area contributed by atoms with Gasteiger partial charge < -0.3 is 10.6 Å². The van der Waals surface area contributed by atoms with Crippen molar-refractivity contribution in [2.24, 2.45) is 0 Å². The SMILES string of the molecule is Cc1nc(SC(C)C(=O)Nc2cccc(Br)c2)c(C#N)cc1C(=O)Nc1ccccc1. The smallest absolute Gasteiger partial charge is 0.257 e. The van der Waals surface area contributed by atoms with Crippen LogP contribution >= 0.6 is 27.7 Å². The Hall–Kier alpha value is -3.15. The number of amides is 2. The lowest BCUT2D eigenvalue weighted by Gasteiger charge is -2.14. The van der Waals surface area contributed by atoms with E-state index in [0.717, 1.165) is 4.47 Å². The monoisotopic (exact) mass is 494 g/mol. The van der Waals surface area contributed by atoms with Crippen molar-refractivity contribution in [3.8, 4) is 6.07 Å². The molecule has 1 atom stereocenters. The van der Waals surface area contributed by atoms with Gasteiger partial charge in [-0.15, -0.1) is 0 Å². The molecule has 31 heavy (non-hydrogen) atoms. The number of nitrogens with one attached hydrogen (secondary N) is 2. The lowest BCUT2D eigenvalue weighted by Crippen LogP contribution is -2.23. The normalized spacial score (nSPS) is 11.3. The highest BCUT2D eigenvalue weighted by atomic mass is 79.9. The van der Waals surface area contributed by atoms with E-state index < -0.39 is 5.25 Å². The number of benzene rings is 2. The number of hydrogen-bond acceptors (Lipinski definition) is 5. The summed E-state index contributed by atoms with van der Waals surface area (Å²) in [6, 6.07) is 20.0. The molecule has 0 bridgehead atoms. The van der Waals surface area contributed by atoms with Crippen molar-refractivity contribution in [2.45, 2.75) is 24.1 Å². The number of rotatable bonds is 6. The maximum absolute atomic E-state index is 12.6. The van der Waals surface area contributed by atoms with Crippen LogP contribution in [-0.4, -0.2) is 22.0 Å². The third-order valence-electron chi connectivity index (χ3n) is 4.32. The summed E-state index contributed by atoms with van der Waals surface area (Å²) >= 11 is 4.55. The van der Waals surface area contributed by atoms with Crippen LogP contribution in [0.15, 0.2) is 70.2 Å². The van der Waals surface area contributed by atoms with Crippen molar-refractivity contribution in [3.63, 3.8) is 0 Å². The number of aryl methyl sites for hydroxylation is 1. The maximum atomic E-state index is 12.6. The fraction of sp³-hybridized carbons (Fsp3) is 0.130. The Kier molecular flexibility index (Phi) is 7.45. The van der Waals surface area contributed by atoms with E-state index in [4.69, 9.17) is 0 Å². The highest BCUT2D eigenvalue weighted by molar-refractivity contribution is 9.10.